The van der Waals surface area contributed by atoms with Crippen LogP contribution in [0, 0.1) is 13.8 Å². The first-order chi connectivity index (χ1) is 16.1. The van der Waals surface area contributed by atoms with Gasteiger partial charge in [0.05, 0.1) is 10.6 Å². The molecular weight excluding hydrogens is 454 g/mol. The Labute approximate surface area is 197 Å². The molecule has 1 fully saturated rings. The largest absolute Gasteiger partial charge is 0.322 e. The zero-order chi connectivity index (χ0) is 24.5. The van der Waals surface area contributed by atoms with Crippen molar-refractivity contribution in [1.82, 2.24) is 0 Å². The van der Waals surface area contributed by atoms with E-state index in [0.717, 1.165) is 16.0 Å². The molecule has 0 atom stereocenters. The molecule has 3 amide bonds. The standard InChI is InChI=1S/C25H23N3O5S/c1-16-3-6-20(15-17(16)2)27-34(32,33)22-11-7-19(8-12-22)26-25(31)18-4-9-21(10-5-18)28-23(29)13-14-24(28)30/h3-12,15,27H,13-14H2,1-2H3,(H,26,31). The summed E-state index contributed by atoms with van der Waals surface area (Å²) in [6, 6.07) is 17.3. The molecule has 2 N–H and O–H groups in total. The number of nitrogens with one attached hydrogen (secondary N) is 2. The van der Waals surface area contributed by atoms with Crippen LogP contribution in [0.4, 0.5) is 17.1 Å². The number of sulfonamides is 1. The van der Waals surface area contributed by atoms with Crippen molar-refractivity contribution in [1.29, 1.82) is 0 Å². The fourth-order valence-corrected chi connectivity index (χ4v) is 4.62. The molecule has 0 aliphatic carbocycles. The van der Waals surface area contributed by atoms with Gasteiger partial charge in [0.1, 0.15) is 0 Å². The van der Waals surface area contributed by atoms with Gasteiger partial charge in [0.15, 0.2) is 0 Å². The number of carbonyl (C=O) groups excluding carboxylic acids is 3. The van der Waals surface area contributed by atoms with E-state index in [1.54, 1.807) is 24.3 Å². The summed E-state index contributed by atoms with van der Waals surface area (Å²) in [6.45, 7) is 3.86. The maximum atomic E-state index is 12.7. The molecule has 0 unspecified atom stereocenters. The Balaban J connectivity index is 1.43. The van der Waals surface area contributed by atoms with Crippen molar-refractivity contribution in [2.24, 2.45) is 0 Å². The molecule has 0 saturated carbocycles. The third-order valence-corrected chi connectivity index (χ3v) is 7.02. The van der Waals surface area contributed by atoms with E-state index in [2.05, 4.69) is 10.0 Å². The molecule has 1 aliphatic heterocycles. The molecule has 0 spiro atoms. The van der Waals surface area contributed by atoms with Gasteiger partial charge in [0, 0.05) is 29.8 Å². The van der Waals surface area contributed by atoms with Crippen LogP contribution in [0.3, 0.4) is 0 Å². The lowest BCUT2D eigenvalue weighted by Crippen LogP contribution is -2.28. The zero-order valence-corrected chi connectivity index (χ0v) is 19.5. The van der Waals surface area contributed by atoms with Gasteiger partial charge in [-0.15, -0.1) is 0 Å². The number of aryl methyl sites for hydroxylation is 2. The minimum atomic E-state index is -3.78. The maximum Gasteiger partial charge on any atom is 0.261 e. The molecule has 34 heavy (non-hydrogen) atoms. The van der Waals surface area contributed by atoms with Gasteiger partial charge in [-0.2, -0.15) is 0 Å². The monoisotopic (exact) mass is 477 g/mol. The van der Waals surface area contributed by atoms with E-state index in [0.29, 0.717) is 22.6 Å². The summed E-state index contributed by atoms with van der Waals surface area (Å²) < 4.78 is 27.9. The van der Waals surface area contributed by atoms with Crippen molar-refractivity contribution in [2.75, 3.05) is 14.9 Å². The Kier molecular flexibility index (Phi) is 6.21. The Morgan fingerprint density at radius 3 is 1.97 bits per heavy atom. The van der Waals surface area contributed by atoms with E-state index < -0.39 is 15.9 Å². The third-order valence-electron chi connectivity index (χ3n) is 5.62. The first kappa shape index (κ1) is 23.2. The predicted molar refractivity (Wildman–Crippen MR) is 129 cm³/mol. The lowest BCUT2D eigenvalue weighted by molar-refractivity contribution is -0.121. The van der Waals surface area contributed by atoms with Crippen molar-refractivity contribution in [2.45, 2.75) is 31.6 Å². The van der Waals surface area contributed by atoms with Crippen molar-refractivity contribution in [3.8, 4) is 0 Å². The molecule has 0 aromatic heterocycles. The van der Waals surface area contributed by atoms with Crippen molar-refractivity contribution in [3.63, 3.8) is 0 Å². The van der Waals surface area contributed by atoms with Crippen molar-refractivity contribution in [3.05, 3.63) is 83.4 Å². The number of rotatable bonds is 6. The van der Waals surface area contributed by atoms with Gasteiger partial charge in [-0.25, -0.2) is 8.42 Å². The Hall–Kier alpha value is -3.98. The Bertz CT molecular complexity index is 1370. The van der Waals surface area contributed by atoms with Crippen LogP contribution in [0.5, 0.6) is 0 Å². The fraction of sp³-hybridized carbons (Fsp3) is 0.160. The summed E-state index contributed by atoms with van der Waals surface area (Å²) in [7, 11) is -3.78. The summed E-state index contributed by atoms with van der Waals surface area (Å²) in [5.74, 6) is -0.928. The molecule has 8 nitrogen and oxygen atoms in total. The zero-order valence-electron chi connectivity index (χ0n) is 18.7. The number of carbonyl (C=O) groups is 3. The summed E-state index contributed by atoms with van der Waals surface area (Å²) in [4.78, 5) is 37.5. The first-order valence-corrected chi connectivity index (χ1v) is 12.1. The van der Waals surface area contributed by atoms with E-state index in [4.69, 9.17) is 0 Å². The van der Waals surface area contributed by atoms with Crippen LogP contribution in [0.25, 0.3) is 0 Å². The van der Waals surface area contributed by atoms with E-state index >= 15 is 0 Å². The molecule has 0 bridgehead atoms. The average Bonchev–Trinajstić information content (AvgIpc) is 3.14. The first-order valence-electron chi connectivity index (χ1n) is 10.6. The highest BCUT2D eigenvalue weighted by Gasteiger charge is 2.30. The van der Waals surface area contributed by atoms with Crippen LogP contribution >= 0.6 is 0 Å². The van der Waals surface area contributed by atoms with Gasteiger partial charge in [-0.1, -0.05) is 6.07 Å². The summed E-state index contributed by atoms with van der Waals surface area (Å²) >= 11 is 0. The van der Waals surface area contributed by atoms with Crippen molar-refractivity contribution < 1.29 is 22.8 Å². The van der Waals surface area contributed by atoms with Gasteiger partial charge >= 0.3 is 0 Å². The van der Waals surface area contributed by atoms with Crippen LogP contribution in [0.1, 0.15) is 34.3 Å². The highest BCUT2D eigenvalue weighted by molar-refractivity contribution is 7.92. The fourth-order valence-electron chi connectivity index (χ4n) is 3.57. The topological polar surface area (TPSA) is 113 Å². The van der Waals surface area contributed by atoms with Gasteiger partial charge in [-0.3, -0.25) is 24.0 Å². The number of nitrogens with zero attached hydrogens (tertiary/aromatic N) is 1. The van der Waals surface area contributed by atoms with Gasteiger partial charge in [0.2, 0.25) is 11.8 Å². The van der Waals surface area contributed by atoms with E-state index in [9.17, 15) is 22.8 Å². The van der Waals surface area contributed by atoms with E-state index in [1.165, 1.54) is 36.4 Å². The van der Waals surface area contributed by atoms with Crippen molar-refractivity contribution >= 4 is 44.8 Å². The molecule has 4 rings (SSSR count). The molecule has 3 aromatic carbocycles. The predicted octanol–water partition coefficient (Wildman–Crippen LogP) is 4.01. The van der Waals surface area contributed by atoms with E-state index in [1.807, 2.05) is 19.9 Å². The second kappa shape index (κ2) is 9.11. The van der Waals surface area contributed by atoms with Crippen LogP contribution in [-0.2, 0) is 19.6 Å². The van der Waals surface area contributed by atoms with Gasteiger partial charge < -0.3 is 5.32 Å². The maximum absolute atomic E-state index is 12.7. The second-order valence-corrected chi connectivity index (χ2v) is 9.74. The molecule has 0 radical (unpaired) electrons. The molecule has 1 heterocycles. The lowest BCUT2D eigenvalue weighted by Gasteiger charge is -2.14. The normalized spacial score (nSPS) is 13.8. The molecule has 174 valence electrons. The average molecular weight is 478 g/mol. The Morgan fingerprint density at radius 2 is 1.38 bits per heavy atom. The van der Waals surface area contributed by atoms with Crippen LogP contribution in [-0.4, -0.2) is 26.1 Å². The number of anilines is 3. The Morgan fingerprint density at radius 1 is 0.794 bits per heavy atom. The number of hydrogen-bond acceptors (Lipinski definition) is 5. The highest BCUT2D eigenvalue weighted by atomic mass is 32.2. The summed E-state index contributed by atoms with van der Waals surface area (Å²) in [5.41, 5.74) is 3.69. The molecular formula is C25H23N3O5S. The number of amides is 3. The molecule has 3 aromatic rings. The smallest absolute Gasteiger partial charge is 0.261 e. The number of benzene rings is 3. The van der Waals surface area contributed by atoms with E-state index in [-0.39, 0.29) is 29.6 Å². The minimum absolute atomic E-state index is 0.0630. The summed E-state index contributed by atoms with van der Waals surface area (Å²) in [5, 5.41) is 2.71. The quantitative estimate of drug-likeness (QED) is 0.521. The third kappa shape index (κ3) is 4.84. The molecule has 1 saturated heterocycles. The SMILES string of the molecule is Cc1ccc(NS(=O)(=O)c2ccc(NC(=O)c3ccc(N4C(=O)CCC4=O)cc3)cc2)cc1C. The van der Waals surface area contributed by atoms with Crippen LogP contribution in [0.15, 0.2) is 71.6 Å². The highest BCUT2D eigenvalue weighted by Crippen LogP contribution is 2.24. The van der Waals surface area contributed by atoms with Crippen LogP contribution in [0.2, 0.25) is 0 Å². The van der Waals surface area contributed by atoms with Gasteiger partial charge in [0.25, 0.3) is 15.9 Å². The second-order valence-electron chi connectivity index (χ2n) is 8.05. The minimum Gasteiger partial charge on any atom is -0.322 e. The summed E-state index contributed by atoms with van der Waals surface area (Å²) in [6.07, 6.45) is 0.375. The molecule has 9 heteroatoms. The van der Waals surface area contributed by atoms with Gasteiger partial charge in [-0.05, 0) is 85.6 Å². The number of imide groups is 1. The lowest BCUT2D eigenvalue weighted by atomic mass is 10.1. The number of hydrogen-bond donors (Lipinski definition) is 2. The van der Waals surface area contributed by atoms with Crippen LogP contribution < -0.4 is 14.9 Å². The molecule has 1 aliphatic rings.